The van der Waals surface area contributed by atoms with Crippen LogP contribution in [0.15, 0.2) is 97.2 Å². The van der Waals surface area contributed by atoms with Gasteiger partial charge in [0.25, 0.3) is 0 Å². The van der Waals surface area contributed by atoms with Crippen LogP contribution in [0.4, 0.5) is 0 Å². The van der Waals surface area contributed by atoms with E-state index >= 15 is 24.0 Å². The zero-order valence-corrected chi connectivity index (χ0v) is 81.2. The number of allylic oxidation sites excluding steroid dienone is 2. The SMILES string of the molecule is CC(=O)N[C@@H](CC(C)C)C(=O)N[C@H](C(=O)C(=O)[C@H](Cc1ccccc1)NN[C@]1(C)CCCCCC/C=C/CCC[C@@](C)(C(=O)N[C@@H](C)C(=O)NC(C)C(=O)N[C@@H](C)C(=O)NC(C)C(=O)N[C@@H](C)C(=O)C(=O)[C@H](C)NN)NC(=O)[C@H](CC(C)C)CN[C@@H](CCC(N)=O)C(=O)C(=O)C(C)NC(=O)[C@H](Cc2c[nH]c3ccccc23)NN[C@@H](Cc2ccc(O)cc2)C(=O)C(=O)[C@H](CCC(=O)O)NC1=O)[C@@H](C)O. The molecule has 42 heteroatoms. The van der Waals surface area contributed by atoms with Crippen molar-refractivity contribution in [1.29, 1.82) is 0 Å². The summed E-state index contributed by atoms with van der Waals surface area (Å²) in [6.07, 6.45) is 2.96. The lowest BCUT2D eigenvalue weighted by Gasteiger charge is -2.34. The molecule has 1 aromatic heterocycles. The highest BCUT2D eigenvalue weighted by Crippen LogP contribution is 2.25. The summed E-state index contributed by atoms with van der Waals surface area (Å²) in [5.41, 5.74) is 17.4. The predicted octanol–water partition coefficient (Wildman–Crippen LogP) is -0.00530. The monoisotopic (exact) mass is 1930 g/mol. The number of aliphatic hydroxyl groups is 1. The number of aliphatic carboxylic acids is 1. The van der Waals surface area contributed by atoms with Gasteiger partial charge >= 0.3 is 5.97 Å². The van der Waals surface area contributed by atoms with Crippen LogP contribution in [0.2, 0.25) is 0 Å². The first kappa shape index (κ1) is 116. The second-order valence-electron chi connectivity index (χ2n) is 36.8. The fraction of sp³-hybridized carbons (Fsp3) is 0.562. The van der Waals surface area contributed by atoms with Crippen molar-refractivity contribution in [3.8, 4) is 5.75 Å². The van der Waals surface area contributed by atoms with Crippen LogP contribution < -0.4 is 97.2 Å². The third kappa shape index (κ3) is 37.4. The van der Waals surface area contributed by atoms with Crippen molar-refractivity contribution in [2.45, 2.75) is 321 Å². The minimum atomic E-state index is -1.98. The van der Waals surface area contributed by atoms with Crippen LogP contribution in [0.1, 0.15) is 217 Å². The number of phenolic OH excluding ortho intramolecular Hbond substituents is 1. The van der Waals surface area contributed by atoms with E-state index in [-0.39, 0.29) is 75.5 Å². The molecule has 758 valence electrons. The number of carboxylic acid groups (broad SMARTS) is 1. The number of aromatic amines is 1. The number of aromatic hydroxyl groups is 1. The molecule has 5 rings (SSSR count). The van der Waals surface area contributed by atoms with Crippen molar-refractivity contribution >= 4 is 128 Å². The van der Waals surface area contributed by atoms with Gasteiger partial charge in [0.2, 0.25) is 111 Å². The van der Waals surface area contributed by atoms with Crippen molar-refractivity contribution < 1.29 is 111 Å². The van der Waals surface area contributed by atoms with Crippen LogP contribution in [0.3, 0.4) is 0 Å². The molecule has 42 nitrogen and oxygen atoms in total. The normalized spacial score (nSPS) is 22.2. The summed E-state index contributed by atoms with van der Waals surface area (Å²) in [6.45, 7) is 21.0. The molecule has 24 N–H and O–H groups in total. The van der Waals surface area contributed by atoms with Gasteiger partial charge in [0.05, 0.1) is 54.3 Å². The topological polar surface area (TPSA) is 662 Å². The molecule has 1 aliphatic heterocycles. The lowest BCUT2D eigenvalue weighted by atomic mass is 9.89. The zero-order valence-electron chi connectivity index (χ0n) is 81.2. The number of H-pyrrole nitrogens is 1. The number of nitrogens with one attached hydrogen (secondary N) is 17. The minimum Gasteiger partial charge on any atom is -0.508 e. The Morgan fingerprint density at radius 2 is 1.07 bits per heavy atom. The second-order valence-corrected chi connectivity index (χ2v) is 36.8. The number of fused-ring (bicyclic) bond motifs is 1. The number of rotatable bonds is 40. The summed E-state index contributed by atoms with van der Waals surface area (Å²) < 4.78 is 0. The van der Waals surface area contributed by atoms with Crippen molar-refractivity contribution in [2.75, 3.05) is 6.54 Å². The molecule has 4 aromatic rings. The standard InChI is InChI=1S/C96H141N19O23/c1-51(2)44-65-50-100-69(38-40-75(97)119)81(125)79(123)54(6)102-92(136)74(48-64-49-99-68-33-27-26-32-67(64)68)113-112-71(47-63-34-36-66(118)37-35-63)83(127)82(126)70(39-41-76(120)121)108-94(138)96(15,115-114-72(46-62-30-24-23-25-31-62)84(128)85(129)77(60(12)116)109-91(135)73(45-52(3)4)107-61(13)117)43-29-22-20-18-16-17-19-21-28-42-95(14,110-90(65)134)93(137)106-59(11)89(133)105-58(10)88(132)104-57(9)87(131)103-56(8)86(130)101-53(5)78(122)80(124)55(7)111-98/h17,19,23-27,30-37,49,51-60,65,69-74,77,99-100,111-116,118H,16,18,20-22,28-29,38-48,50,98H2,1-15H3,(H2,97,119)(H,101,130)(H,102,136)(H,103,131)(H,104,132)(H,105,133)(H,106,137)(H,107,117)(H,108,138)(H,109,135)(H,110,134)(H,120,121)/b19-17+/t53-,54?,55-,56?,57-,58?,59-,60+,65+,69-,70-,71-,72-,73-,74-,77-,95-,96+/m0/s1. The third-order valence-corrected chi connectivity index (χ3v) is 23.7. The smallest absolute Gasteiger partial charge is 0.303 e. The quantitative estimate of drug-likeness (QED) is 0.0121. The number of benzene rings is 3. The van der Waals surface area contributed by atoms with E-state index in [1.54, 1.807) is 88.5 Å². The van der Waals surface area contributed by atoms with Gasteiger partial charge in [-0.1, -0.05) is 120 Å². The van der Waals surface area contributed by atoms with Gasteiger partial charge < -0.3 is 84.5 Å². The number of hydrogen-bond acceptors (Lipinski definition) is 29. The van der Waals surface area contributed by atoms with E-state index in [1.807, 2.05) is 12.2 Å². The van der Waals surface area contributed by atoms with E-state index in [9.17, 15) is 87.2 Å². The van der Waals surface area contributed by atoms with Crippen LogP contribution in [0, 0.1) is 17.8 Å². The lowest BCUT2D eigenvalue weighted by Crippen LogP contribution is -2.66. The molecule has 0 spiro atoms. The number of aliphatic hydroxyl groups excluding tert-OH is 1. The molecule has 18 atom stereocenters. The van der Waals surface area contributed by atoms with Crippen molar-refractivity contribution in [2.24, 2.45) is 29.3 Å². The molecule has 0 aliphatic carbocycles. The van der Waals surface area contributed by atoms with Gasteiger partial charge in [0, 0.05) is 49.8 Å². The number of amides is 11. The van der Waals surface area contributed by atoms with E-state index in [4.69, 9.17) is 11.6 Å². The number of para-hydroxylation sites is 1. The number of nitrogens with two attached hydrogens (primary N) is 2. The average molecular weight is 1930 g/mol. The summed E-state index contributed by atoms with van der Waals surface area (Å²) in [7, 11) is 0. The predicted molar refractivity (Wildman–Crippen MR) is 509 cm³/mol. The van der Waals surface area contributed by atoms with E-state index in [2.05, 4.69) is 90.6 Å². The molecule has 1 aliphatic rings. The summed E-state index contributed by atoms with van der Waals surface area (Å²) in [5.74, 6) is -16.6. The molecule has 0 fully saturated rings. The summed E-state index contributed by atoms with van der Waals surface area (Å²) in [4.78, 5) is 284. The van der Waals surface area contributed by atoms with Gasteiger partial charge in [-0.3, -0.25) is 102 Å². The lowest BCUT2D eigenvalue weighted by molar-refractivity contribution is -0.143. The number of ketones is 8. The van der Waals surface area contributed by atoms with Crippen molar-refractivity contribution in [1.82, 2.24) is 90.6 Å². The maximum absolute atomic E-state index is 15.6. The molecule has 0 radical (unpaired) electrons. The van der Waals surface area contributed by atoms with E-state index in [1.165, 1.54) is 100 Å². The third-order valence-electron chi connectivity index (χ3n) is 23.7. The number of carbonyl (C=O) groups is 20. The summed E-state index contributed by atoms with van der Waals surface area (Å²) >= 11 is 0. The Bertz CT molecular complexity index is 4970. The Hall–Kier alpha value is -12.6. The van der Waals surface area contributed by atoms with Crippen molar-refractivity contribution in [3.63, 3.8) is 0 Å². The van der Waals surface area contributed by atoms with E-state index in [0.717, 1.165) is 0 Å². The van der Waals surface area contributed by atoms with Gasteiger partial charge in [-0.15, -0.1) is 0 Å². The number of primary amides is 1. The van der Waals surface area contributed by atoms with Crippen molar-refractivity contribution in [3.05, 3.63) is 114 Å². The van der Waals surface area contributed by atoms with E-state index < -0.39 is 257 Å². The van der Waals surface area contributed by atoms with Gasteiger partial charge in [-0.2, -0.15) is 0 Å². The highest BCUT2D eigenvalue weighted by atomic mass is 16.4. The number of hydrogen-bond donors (Lipinski definition) is 22. The molecule has 2 heterocycles. The Morgan fingerprint density at radius 1 is 0.522 bits per heavy atom. The fourth-order valence-electron chi connectivity index (χ4n) is 15.2. The first-order valence-electron chi connectivity index (χ1n) is 46.7. The zero-order chi connectivity index (χ0) is 103. The average Bonchev–Trinajstić information content (AvgIpc) is 1.71. The molecule has 0 bridgehead atoms. The van der Waals surface area contributed by atoms with Gasteiger partial charge in [-0.05, 0) is 193 Å². The first-order valence-corrected chi connectivity index (χ1v) is 46.7. The highest BCUT2D eigenvalue weighted by molar-refractivity contribution is 6.43. The van der Waals surface area contributed by atoms with E-state index in [0.29, 0.717) is 59.7 Å². The Morgan fingerprint density at radius 3 is 1.64 bits per heavy atom. The molecule has 0 saturated carbocycles. The Kier molecular flexibility index (Phi) is 47.3. The maximum Gasteiger partial charge on any atom is 0.303 e. The van der Waals surface area contributed by atoms with Crippen LogP contribution in [0.25, 0.3) is 10.9 Å². The molecule has 11 amide bonds. The maximum atomic E-state index is 15.6. The number of phenols is 1. The molecule has 3 unspecified atom stereocenters. The second kappa shape index (κ2) is 56.3. The largest absolute Gasteiger partial charge is 0.508 e. The van der Waals surface area contributed by atoms with Gasteiger partial charge in [-0.25, -0.2) is 27.1 Å². The summed E-state index contributed by atoms with van der Waals surface area (Å²) in [6, 6.07) is -0.129. The van der Waals surface area contributed by atoms with Gasteiger partial charge in [0.15, 0.2) is 0 Å². The Balaban J connectivity index is 1.58. The summed E-state index contributed by atoms with van der Waals surface area (Å²) in [5, 5.41) is 60.7. The number of hydrazine groups is 3. The van der Waals surface area contributed by atoms with Crippen LogP contribution in [-0.4, -0.2) is 246 Å². The minimum absolute atomic E-state index is 0.0860. The van der Waals surface area contributed by atoms with Gasteiger partial charge in [0.1, 0.15) is 59.1 Å². The van der Waals surface area contributed by atoms with Crippen LogP contribution in [-0.2, 0) is 115 Å². The van der Waals surface area contributed by atoms with Crippen LogP contribution >= 0.6 is 0 Å². The highest BCUT2D eigenvalue weighted by Gasteiger charge is 2.45. The fourth-order valence-corrected chi connectivity index (χ4v) is 15.2. The molecular formula is C96H141N19O23. The Labute approximate surface area is 802 Å². The molecular weight excluding hydrogens is 1790 g/mol. The number of Topliss-reactive ketones (excluding diaryl/α,β-unsaturated/α-hetero) is 8. The molecule has 138 heavy (non-hydrogen) atoms. The van der Waals surface area contributed by atoms with Crippen LogP contribution in [0.5, 0.6) is 5.75 Å². The molecule has 0 saturated heterocycles. The number of aromatic nitrogens is 1. The first-order chi connectivity index (χ1) is 64.9. The number of carboxylic acids is 1. The molecule has 3 aromatic carbocycles. The number of carbonyl (C=O) groups excluding carboxylic acids is 19.